The minimum absolute atomic E-state index is 0.110. The third-order valence-corrected chi connectivity index (χ3v) is 6.76. The monoisotopic (exact) mass is 447 g/mol. The highest BCUT2D eigenvalue weighted by atomic mass is 32.2. The van der Waals surface area contributed by atoms with Crippen LogP contribution in [-0.2, 0) is 4.79 Å². The molecule has 0 aliphatic carbocycles. The zero-order chi connectivity index (χ0) is 23.2. The van der Waals surface area contributed by atoms with Crippen LogP contribution in [0.1, 0.15) is 56.3 Å². The number of carbonyl (C=O) groups is 1. The van der Waals surface area contributed by atoms with Gasteiger partial charge in [-0.25, -0.2) is 0 Å². The van der Waals surface area contributed by atoms with Crippen LogP contribution in [0.3, 0.4) is 0 Å². The molecular weight excluding hydrogens is 406 g/mol. The average molecular weight is 448 g/mol. The number of nitrogens with zero attached hydrogens (tertiary/aromatic N) is 2. The van der Waals surface area contributed by atoms with Gasteiger partial charge in [0.1, 0.15) is 12.4 Å². The molecule has 0 bridgehead atoms. The molecule has 0 aromatic heterocycles. The minimum Gasteiger partial charge on any atom is -0.489 e. The van der Waals surface area contributed by atoms with Crippen LogP contribution in [0.25, 0.3) is 0 Å². The number of amides is 1. The van der Waals surface area contributed by atoms with Crippen LogP contribution in [0, 0.1) is 19.8 Å². The Morgan fingerprint density at radius 1 is 1.29 bits per heavy atom. The Morgan fingerprint density at radius 3 is 2.45 bits per heavy atom. The summed E-state index contributed by atoms with van der Waals surface area (Å²) in [6.07, 6.45) is 3.90. The van der Waals surface area contributed by atoms with E-state index in [9.17, 15) is 4.79 Å². The number of piperidine rings is 1. The largest absolute Gasteiger partial charge is 0.489 e. The maximum absolute atomic E-state index is 12.1. The number of ether oxygens (including phenoxy) is 1. The van der Waals surface area contributed by atoms with Crippen molar-refractivity contribution in [3.8, 4) is 5.75 Å². The van der Waals surface area contributed by atoms with E-state index in [0.717, 1.165) is 31.7 Å². The minimum atomic E-state index is 0.110. The molecule has 6 heteroatoms. The first kappa shape index (κ1) is 25.8. The molecule has 1 N–H and O–H groups in total. The number of likely N-dealkylation sites (tertiary alicyclic amines) is 1. The molecule has 1 atom stereocenters. The summed E-state index contributed by atoms with van der Waals surface area (Å²) in [6, 6.07) is 4.64. The summed E-state index contributed by atoms with van der Waals surface area (Å²) in [5, 5.41) is 0. The molecule has 1 aliphatic rings. The topological polar surface area (TPSA) is 44.8 Å². The number of carbonyl (C=O) groups excluding carboxylic acids is 1. The molecule has 1 unspecified atom stereocenters. The van der Waals surface area contributed by atoms with Crippen molar-refractivity contribution < 1.29 is 9.53 Å². The van der Waals surface area contributed by atoms with Crippen LogP contribution in [0.4, 0.5) is 0 Å². The summed E-state index contributed by atoms with van der Waals surface area (Å²) in [5.74, 6) is 1.60. The van der Waals surface area contributed by atoms with Crippen molar-refractivity contribution in [2.24, 2.45) is 5.92 Å². The van der Waals surface area contributed by atoms with E-state index in [1.54, 1.807) is 22.9 Å². The molecule has 1 heterocycles. The first-order valence-electron chi connectivity index (χ1n) is 11.2. The highest BCUT2D eigenvalue weighted by molar-refractivity contribution is 7.98. The number of rotatable bonds is 9. The molecule has 1 aromatic carbocycles. The fraction of sp³-hybridized carbons (Fsp3) is 0.640. The Morgan fingerprint density at radius 2 is 1.90 bits per heavy atom. The highest BCUT2D eigenvalue weighted by Crippen LogP contribution is 2.39. The van der Waals surface area contributed by atoms with Crippen LogP contribution in [-0.4, -0.2) is 60.8 Å². The molecule has 1 fully saturated rings. The zero-order valence-corrected chi connectivity index (χ0v) is 21.3. The van der Waals surface area contributed by atoms with Crippen LogP contribution in [0.2, 0.25) is 0 Å². The van der Waals surface area contributed by atoms with E-state index in [4.69, 9.17) is 4.74 Å². The zero-order valence-electron chi connectivity index (χ0n) is 20.5. The predicted molar refractivity (Wildman–Crippen MR) is 133 cm³/mol. The molecule has 5 nitrogen and oxygen atoms in total. The first-order chi connectivity index (χ1) is 14.5. The Bertz CT molecular complexity index is 750. The summed E-state index contributed by atoms with van der Waals surface area (Å²) < 4.78 is 10.0. The summed E-state index contributed by atoms with van der Waals surface area (Å²) in [5.41, 5.74) is 3.74. The molecule has 2 rings (SSSR count). The number of hydrogen-bond acceptors (Lipinski definition) is 5. The van der Waals surface area contributed by atoms with Gasteiger partial charge in [0.25, 0.3) is 0 Å². The standard InChI is InChI=1S/C25H41N3O2S/c1-9-14-30-22-16-19(3)18(2)15-21(22)24(26-31-25(4,5)6)20-10-12-28(13-11-20)17-23(29)27(7)8/h9,15-16,20,24,26H,1,10-14,17H2,2-8H3. The van der Waals surface area contributed by atoms with E-state index in [1.807, 2.05) is 14.1 Å². The van der Waals surface area contributed by atoms with Gasteiger partial charge in [0.2, 0.25) is 5.91 Å². The average Bonchev–Trinajstić information content (AvgIpc) is 2.69. The van der Waals surface area contributed by atoms with E-state index in [0.29, 0.717) is 19.1 Å². The van der Waals surface area contributed by atoms with Crippen molar-refractivity contribution in [1.82, 2.24) is 14.5 Å². The number of hydrogen-bond donors (Lipinski definition) is 1. The third kappa shape index (κ3) is 7.85. The number of aryl methyl sites for hydroxylation is 2. The van der Waals surface area contributed by atoms with Gasteiger partial charge in [-0.05, 0) is 83.7 Å². The summed E-state index contributed by atoms with van der Waals surface area (Å²) in [4.78, 5) is 16.1. The van der Waals surface area contributed by atoms with Crippen molar-refractivity contribution in [3.63, 3.8) is 0 Å². The predicted octanol–water partition coefficient (Wildman–Crippen LogP) is 4.75. The molecule has 174 valence electrons. The second-order valence-electron chi connectivity index (χ2n) is 9.79. The molecule has 1 aromatic rings. The van der Waals surface area contributed by atoms with Gasteiger partial charge in [0.05, 0.1) is 6.54 Å². The number of likely N-dealkylation sites (N-methyl/N-ethyl adjacent to an activating group) is 1. The first-order valence-corrected chi connectivity index (χ1v) is 12.0. The van der Waals surface area contributed by atoms with Crippen molar-refractivity contribution in [2.45, 2.75) is 58.2 Å². The third-order valence-electron chi connectivity index (χ3n) is 5.77. The quantitative estimate of drug-likeness (QED) is 0.437. The molecule has 0 saturated carbocycles. The molecule has 1 aliphatic heterocycles. The van der Waals surface area contributed by atoms with Gasteiger partial charge in [-0.2, -0.15) is 0 Å². The number of nitrogens with one attached hydrogen (secondary N) is 1. The van der Waals surface area contributed by atoms with Crippen molar-refractivity contribution in [1.29, 1.82) is 0 Å². The van der Waals surface area contributed by atoms with Crippen LogP contribution >= 0.6 is 11.9 Å². The van der Waals surface area contributed by atoms with Crippen molar-refractivity contribution in [3.05, 3.63) is 41.5 Å². The Kier molecular flexibility index (Phi) is 9.46. The molecule has 0 radical (unpaired) electrons. The normalized spacial score (nSPS) is 16.7. The van der Waals surface area contributed by atoms with Gasteiger partial charge in [-0.3, -0.25) is 14.4 Å². The maximum Gasteiger partial charge on any atom is 0.236 e. The van der Waals surface area contributed by atoms with E-state index in [-0.39, 0.29) is 16.7 Å². The SMILES string of the molecule is C=CCOc1cc(C)c(C)cc1C(NSC(C)(C)C)C1CCN(CC(=O)N(C)C)CC1. The lowest BCUT2D eigenvalue weighted by molar-refractivity contribution is -0.130. The van der Waals surface area contributed by atoms with Crippen LogP contribution in [0.5, 0.6) is 5.75 Å². The molecule has 1 amide bonds. The fourth-order valence-corrected chi connectivity index (χ4v) is 4.56. The van der Waals surface area contributed by atoms with E-state index in [2.05, 4.69) is 63.0 Å². The van der Waals surface area contributed by atoms with Crippen molar-refractivity contribution in [2.75, 3.05) is 40.3 Å². The molecule has 0 spiro atoms. The van der Waals surface area contributed by atoms with Crippen molar-refractivity contribution >= 4 is 17.9 Å². The molecule has 31 heavy (non-hydrogen) atoms. The van der Waals surface area contributed by atoms with Crippen LogP contribution in [0.15, 0.2) is 24.8 Å². The summed E-state index contributed by atoms with van der Waals surface area (Å²) in [6.45, 7) is 17.7. The fourth-order valence-electron chi connectivity index (χ4n) is 3.76. The van der Waals surface area contributed by atoms with Gasteiger partial charge in [-0.15, -0.1) is 0 Å². The van der Waals surface area contributed by atoms with E-state index < -0.39 is 0 Å². The maximum atomic E-state index is 12.1. The smallest absolute Gasteiger partial charge is 0.236 e. The second kappa shape index (κ2) is 11.4. The number of benzene rings is 1. The second-order valence-corrected chi connectivity index (χ2v) is 11.5. The highest BCUT2D eigenvalue weighted by Gasteiger charge is 2.31. The van der Waals surface area contributed by atoms with Gasteiger partial charge < -0.3 is 9.64 Å². The van der Waals surface area contributed by atoms with Gasteiger partial charge >= 0.3 is 0 Å². The van der Waals surface area contributed by atoms with Gasteiger partial charge in [0.15, 0.2) is 0 Å². The Labute approximate surface area is 193 Å². The summed E-state index contributed by atoms with van der Waals surface area (Å²) >= 11 is 1.79. The lowest BCUT2D eigenvalue weighted by Gasteiger charge is -2.38. The van der Waals surface area contributed by atoms with Gasteiger partial charge in [0, 0.05) is 30.4 Å². The Hall–Kier alpha value is -1.50. The molecular formula is C25H41N3O2S. The lowest BCUT2D eigenvalue weighted by atomic mass is 9.84. The van der Waals surface area contributed by atoms with Gasteiger partial charge in [-0.1, -0.05) is 30.7 Å². The van der Waals surface area contributed by atoms with Crippen LogP contribution < -0.4 is 9.46 Å². The Balaban J connectivity index is 2.25. The van der Waals surface area contributed by atoms with E-state index >= 15 is 0 Å². The summed E-state index contributed by atoms with van der Waals surface area (Å²) in [7, 11) is 3.65. The molecule has 1 saturated heterocycles. The lowest BCUT2D eigenvalue weighted by Crippen LogP contribution is -2.43. The van der Waals surface area contributed by atoms with E-state index in [1.165, 1.54) is 16.7 Å².